The molecule has 0 radical (unpaired) electrons. The molecule has 0 aliphatic carbocycles. The molecule has 1 aliphatic rings. The van der Waals surface area contributed by atoms with Gasteiger partial charge in [0.05, 0.1) is 12.0 Å². The molecule has 0 unspecified atom stereocenters. The van der Waals surface area contributed by atoms with Gasteiger partial charge < -0.3 is 15.4 Å². The van der Waals surface area contributed by atoms with Gasteiger partial charge in [-0.1, -0.05) is 0 Å². The third-order valence-corrected chi connectivity index (χ3v) is 5.99. The van der Waals surface area contributed by atoms with E-state index in [1.807, 2.05) is 6.92 Å². The Balaban J connectivity index is 1.88. The molecule has 0 atom stereocenters. The zero-order valence-corrected chi connectivity index (χ0v) is 15.3. The highest BCUT2D eigenvalue weighted by Gasteiger charge is 2.32. The molecule has 0 saturated carbocycles. The summed E-state index contributed by atoms with van der Waals surface area (Å²) >= 11 is 1.75. The molecule has 3 rings (SSSR count). The summed E-state index contributed by atoms with van der Waals surface area (Å²) in [4.78, 5) is 11.7. The van der Waals surface area contributed by atoms with E-state index in [1.165, 1.54) is 15.8 Å². The van der Waals surface area contributed by atoms with Crippen molar-refractivity contribution in [2.24, 2.45) is 5.41 Å². The van der Waals surface area contributed by atoms with Crippen LogP contribution in [0.2, 0.25) is 0 Å². The van der Waals surface area contributed by atoms with E-state index in [9.17, 15) is 0 Å². The quantitative estimate of drug-likeness (QED) is 0.880. The number of anilines is 1. The minimum atomic E-state index is 0.185. The highest BCUT2D eigenvalue weighted by atomic mass is 32.1. The lowest BCUT2D eigenvalue weighted by Crippen LogP contribution is -2.44. The molecule has 23 heavy (non-hydrogen) atoms. The molecule has 2 aromatic heterocycles. The Labute approximate surface area is 141 Å². The van der Waals surface area contributed by atoms with E-state index in [0.29, 0.717) is 0 Å². The Kier molecular flexibility index (Phi) is 4.85. The molecule has 1 aliphatic heterocycles. The highest BCUT2D eigenvalue weighted by molar-refractivity contribution is 7.18. The Morgan fingerprint density at radius 3 is 2.65 bits per heavy atom. The van der Waals surface area contributed by atoms with Crippen molar-refractivity contribution < 1.29 is 4.74 Å². The van der Waals surface area contributed by atoms with Gasteiger partial charge in [-0.3, -0.25) is 0 Å². The van der Waals surface area contributed by atoms with Crippen LogP contribution in [0, 0.1) is 26.2 Å². The van der Waals surface area contributed by atoms with Crippen molar-refractivity contribution in [3.63, 3.8) is 0 Å². The van der Waals surface area contributed by atoms with Crippen molar-refractivity contribution in [2.45, 2.75) is 33.6 Å². The van der Waals surface area contributed by atoms with Crippen molar-refractivity contribution in [2.75, 3.05) is 38.7 Å². The van der Waals surface area contributed by atoms with Gasteiger partial charge in [-0.25, -0.2) is 9.97 Å². The number of rotatable bonds is 5. The fourth-order valence-corrected chi connectivity index (χ4v) is 4.47. The Morgan fingerprint density at radius 1 is 1.22 bits per heavy atom. The van der Waals surface area contributed by atoms with E-state index in [1.54, 1.807) is 18.4 Å². The van der Waals surface area contributed by atoms with Crippen LogP contribution in [-0.2, 0) is 4.74 Å². The summed E-state index contributed by atoms with van der Waals surface area (Å²) in [6.45, 7) is 10.1. The van der Waals surface area contributed by atoms with Crippen LogP contribution in [0.5, 0.6) is 0 Å². The number of hydrogen-bond donors (Lipinski definition) is 2. The van der Waals surface area contributed by atoms with Gasteiger partial charge in [0.15, 0.2) is 0 Å². The predicted octanol–water partition coefficient (Wildman–Crippen LogP) is 3.04. The Hall–Kier alpha value is -1.24. The molecule has 126 valence electrons. The fraction of sp³-hybridized carbons (Fsp3) is 0.647. The number of piperidine rings is 1. The van der Waals surface area contributed by atoms with Crippen LogP contribution in [0.3, 0.4) is 0 Å². The summed E-state index contributed by atoms with van der Waals surface area (Å²) in [6.07, 6.45) is 2.26. The maximum Gasteiger partial charge on any atom is 0.138 e. The van der Waals surface area contributed by atoms with E-state index in [-0.39, 0.29) is 5.41 Å². The highest BCUT2D eigenvalue weighted by Crippen LogP contribution is 2.35. The largest absolute Gasteiger partial charge is 0.384 e. The smallest absolute Gasteiger partial charge is 0.138 e. The first-order valence-corrected chi connectivity index (χ1v) is 9.04. The third kappa shape index (κ3) is 3.34. The molecule has 0 bridgehead atoms. The lowest BCUT2D eigenvalue weighted by molar-refractivity contribution is 0.0635. The molecule has 5 nitrogen and oxygen atoms in total. The van der Waals surface area contributed by atoms with Crippen LogP contribution in [0.4, 0.5) is 5.82 Å². The van der Waals surface area contributed by atoms with Gasteiger partial charge in [-0.05, 0) is 52.3 Å². The molecule has 0 spiro atoms. The lowest BCUT2D eigenvalue weighted by Gasteiger charge is -2.37. The van der Waals surface area contributed by atoms with Crippen molar-refractivity contribution in [1.82, 2.24) is 15.3 Å². The van der Waals surface area contributed by atoms with Crippen molar-refractivity contribution in [3.05, 3.63) is 16.3 Å². The maximum absolute atomic E-state index is 5.51. The standard InChI is InChI=1S/C17H26N4OS/c1-11-12(2)23-16-14(11)15(20-13(3)21-16)19-9-17(10-22-4)5-7-18-8-6-17/h18H,5-10H2,1-4H3,(H,19,20,21). The van der Waals surface area contributed by atoms with E-state index in [2.05, 4.69) is 34.4 Å². The summed E-state index contributed by atoms with van der Waals surface area (Å²) in [7, 11) is 1.79. The summed E-state index contributed by atoms with van der Waals surface area (Å²) in [6, 6.07) is 0. The Bertz CT molecular complexity index is 686. The second-order valence-electron chi connectivity index (χ2n) is 6.62. The third-order valence-electron chi connectivity index (χ3n) is 4.89. The van der Waals surface area contributed by atoms with E-state index in [0.717, 1.165) is 55.6 Å². The van der Waals surface area contributed by atoms with Crippen molar-refractivity contribution >= 4 is 27.4 Å². The number of fused-ring (bicyclic) bond motifs is 1. The molecule has 0 aromatic carbocycles. The van der Waals surface area contributed by atoms with Gasteiger partial charge in [-0.2, -0.15) is 0 Å². The number of ether oxygens (including phenoxy) is 1. The normalized spacial score (nSPS) is 17.6. The lowest BCUT2D eigenvalue weighted by atomic mass is 9.79. The number of nitrogens with zero attached hydrogens (tertiary/aromatic N) is 2. The molecular formula is C17H26N4OS. The van der Waals surface area contributed by atoms with Gasteiger partial charge >= 0.3 is 0 Å². The van der Waals surface area contributed by atoms with Crippen LogP contribution in [0.1, 0.15) is 29.1 Å². The summed E-state index contributed by atoms with van der Waals surface area (Å²) < 4.78 is 5.51. The first-order valence-electron chi connectivity index (χ1n) is 8.22. The summed E-state index contributed by atoms with van der Waals surface area (Å²) in [5.74, 6) is 1.80. The molecule has 0 amide bonds. The number of hydrogen-bond acceptors (Lipinski definition) is 6. The molecule has 6 heteroatoms. The van der Waals surface area contributed by atoms with Gasteiger partial charge in [0.25, 0.3) is 0 Å². The zero-order chi connectivity index (χ0) is 16.4. The first-order chi connectivity index (χ1) is 11.0. The summed E-state index contributed by atoms with van der Waals surface area (Å²) in [5.41, 5.74) is 1.48. The Morgan fingerprint density at radius 2 is 1.96 bits per heavy atom. The second-order valence-corrected chi connectivity index (χ2v) is 7.82. The number of methoxy groups -OCH3 is 1. The molecular weight excluding hydrogens is 308 g/mol. The van der Waals surface area contributed by atoms with Crippen molar-refractivity contribution in [1.29, 1.82) is 0 Å². The number of nitrogens with one attached hydrogen (secondary N) is 2. The average Bonchev–Trinajstić information content (AvgIpc) is 2.81. The van der Waals surface area contributed by atoms with Crippen LogP contribution in [-0.4, -0.2) is 43.3 Å². The van der Waals surface area contributed by atoms with Crippen molar-refractivity contribution in [3.8, 4) is 0 Å². The molecule has 1 fully saturated rings. The zero-order valence-electron chi connectivity index (χ0n) is 14.5. The monoisotopic (exact) mass is 334 g/mol. The SMILES string of the molecule is COCC1(CNc2nc(C)nc3sc(C)c(C)c23)CCNCC1. The maximum atomic E-state index is 5.51. The van der Waals surface area contributed by atoms with Gasteiger partial charge in [0, 0.05) is 23.9 Å². The summed E-state index contributed by atoms with van der Waals surface area (Å²) in [5, 5.41) is 8.25. The number of thiophene rings is 1. The fourth-order valence-electron chi connectivity index (χ4n) is 3.39. The molecule has 2 aromatic rings. The van der Waals surface area contributed by atoms with Crippen LogP contribution >= 0.6 is 11.3 Å². The molecule has 1 saturated heterocycles. The average molecular weight is 334 g/mol. The minimum absolute atomic E-state index is 0.185. The predicted molar refractivity (Wildman–Crippen MR) is 96.5 cm³/mol. The van der Waals surface area contributed by atoms with Crippen LogP contribution in [0.25, 0.3) is 10.2 Å². The first kappa shape index (κ1) is 16.6. The van der Waals surface area contributed by atoms with E-state index >= 15 is 0 Å². The van der Waals surface area contributed by atoms with Crippen LogP contribution < -0.4 is 10.6 Å². The number of aromatic nitrogens is 2. The van der Waals surface area contributed by atoms with Gasteiger partial charge in [0.2, 0.25) is 0 Å². The molecule has 3 heterocycles. The minimum Gasteiger partial charge on any atom is -0.384 e. The van der Waals surface area contributed by atoms with Gasteiger partial charge in [-0.15, -0.1) is 11.3 Å². The van der Waals surface area contributed by atoms with E-state index < -0.39 is 0 Å². The topological polar surface area (TPSA) is 59.1 Å². The second kappa shape index (κ2) is 6.71. The number of aryl methyl sites for hydroxylation is 3. The molecule has 2 N–H and O–H groups in total. The van der Waals surface area contributed by atoms with Crippen LogP contribution in [0.15, 0.2) is 0 Å². The van der Waals surface area contributed by atoms with E-state index in [4.69, 9.17) is 4.74 Å². The van der Waals surface area contributed by atoms with Gasteiger partial charge in [0.1, 0.15) is 16.5 Å².